The van der Waals surface area contributed by atoms with E-state index in [1.165, 1.54) is 57.8 Å². The van der Waals surface area contributed by atoms with Crippen LogP contribution in [0.5, 0.6) is 0 Å². The van der Waals surface area contributed by atoms with Gasteiger partial charge >= 0.3 is 5.97 Å². The van der Waals surface area contributed by atoms with E-state index in [1.54, 1.807) is 0 Å². The normalized spacial score (nSPS) is 12.1. The summed E-state index contributed by atoms with van der Waals surface area (Å²) in [6.45, 7) is 5.42. The van der Waals surface area contributed by atoms with Gasteiger partial charge in [0.05, 0.1) is 13.0 Å². The molecule has 27 heavy (non-hydrogen) atoms. The van der Waals surface area contributed by atoms with Gasteiger partial charge in [-0.3, -0.25) is 4.79 Å². The molecule has 4 heteroatoms. The van der Waals surface area contributed by atoms with Crippen molar-refractivity contribution in [3.8, 4) is 0 Å². The molecule has 0 aromatic heterocycles. The number of hydrogen-bond donors (Lipinski definition) is 1. The van der Waals surface area contributed by atoms with Gasteiger partial charge in [0.25, 0.3) is 0 Å². The summed E-state index contributed by atoms with van der Waals surface area (Å²) in [5, 5.41) is 4.21. The fraction of sp³-hybridized carbons (Fsp3) is 0.696. The van der Waals surface area contributed by atoms with Crippen LogP contribution in [0, 0.1) is 0 Å². The van der Waals surface area contributed by atoms with Crippen molar-refractivity contribution in [2.45, 2.75) is 90.5 Å². The summed E-state index contributed by atoms with van der Waals surface area (Å²) in [7, 11) is 0. The molecule has 0 aliphatic carbocycles. The molecule has 0 fully saturated rings. The van der Waals surface area contributed by atoms with Crippen molar-refractivity contribution in [2.24, 2.45) is 0 Å². The van der Waals surface area contributed by atoms with Crippen molar-refractivity contribution in [3.63, 3.8) is 0 Å². The smallest absolute Gasteiger partial charge is 0.307 e. The molecule has 3 nitrogen and oxygen atoms in total. The Bertz CT molecular complexity index is 507. The lowest BCUT2D eigenvalue weighted by Gasteiger charge is -2.19. The highest BCUT2D eigenvalue weighted by atomic mass is 35.5. The summed E-state index contributed by atoms with van der Waals surface area (Å²) >= 11 is 6.11. The van der Waals surface area contributed by atoms with Crippen LogP contribution in [0.4, 0.5) is 0 Å². The summed E-state index contributed by atoms with van der Waals surface area (Å²) in [6.07, 6.45) is 13.6. The van der Waals surface area contributed by atoms with Gasteiger partial charge < -0.3 is 10.1 Å². The molecule has 0 amide bonds. The minimum absolute atomic E-state index is 0.0404. The van der Waals surface area contributed by atoms with E-state index in [4.69, 9.17) is 16.3 Å². The number of unbranched alkanes of at least 4 members (excludes halogenated alkanes) is 9. The van der Waals surface area contributed by atoms with E-state index >= 15 is 0 Å². The highest BCUT2D eigenvalue weighted by Crippen LogP contribution is 2.21. The predicted octanol–water partition coefficient (Wildman–Crippen LogP) is 6.84. The van der Waals surface area contributed by atoms with Crippen LogP contribution in [-0.2, 0) is 9.53 Å². The first-order valence-corrected chi connectivity index (χ1v) is 11.2. The minimum atomic E-state index is -0.168. The number of hydrogen-bond acceptors (Lipinski definition) is 3. The second-order valence-electron chi connectivity index (χ2n) is 7.25. The maximum Gasteiger partial charge on any atom is 0.307 e. The molecule has 0 radical (unpaired) electrons. The summed E-state index contributed by atoms with van der Waals surface area (Å²) in [6, 6.07) is 7.69. The van der Waals surface area contributed by atoms with Crippen LogP contribution < -0.4 is 5.32 Å². The fourth-order valence-electron chi connectivity index (χ4n) is 3.31. The Labute approximate surface area is 171 Å². The molecule has 0 heterocycles. The number of carbonyl (C=O) groups is 1. The average Bonchev–Trinajstić information content (AvgIpc) is 2.65. The van der Waals surface area contributed by atoms with Gasteiger partial charge in [0.2, 0.25) is 0 Å². The molecule has 0 saturated carbocycles. The van der Waals surface area contributed by atoms with E-state index in [1.807, 2.05) is 31.2 Å². The average molecular weight is 396 g/mol. The van der Waals surface area contributed by atoms with Crippen LogP contribution in [0.15, 0.2) is 24.3 Å². The molecule has 1 rings (SSSR count). The molecule has 1 atom stereocenters. The van der Waals surface area contributed by atoms with Crippen LogP contribution in [0.1, 0.15) is 96.1 Å². The highest BCUT2D eigenvalue weighted by Gasteiger charge is 2.16. The van der Waals surface area contributed by atoms with Crippen LogP contribution >= 0.6 is 11.6 Å². The summed E-state index contributed by atoms with van der Waals surface area (Å²) in [5.41, 5.74) is 1.04. The van der Waals surface area contributed by atoms with Crippen LogP contribution in [0.2, 0.25) is 5.02 Å². The van der Waals surface area contributed by atoms with Crippen molar-refractivity contribution < 1.29 is 9.53 Å². The van der Waals surface area contributed by atoms with Crippen molar-refractivity contribution in [3.05, 3.63) is 34.9 Å². The van der Waals surface area contributed by atoms with E-state index in [0.717, 1.165) is 18.5 Å². The predicted molar refractivity (Wildman–Crippen MR) is 115 cm³/mol. The molecule has 1 unspecified atom stereocenters. The zero-order chi connectivity index (χ0) is 19.7. The standard InChI is InChI=1S/C23H38ClNO2/c1-3-5-6-7-8-9-10-11-12-13-17-25-22(19-23(26)27-4-2)20-15-14-16-21(24)18-20/h14-16,18,22,25H,3-13,17,19H2,1-2H3. The molecule has 0 aliphatic rings. The molecule has 1 aromatic rings. The molecule has 1 aromatic carbocycles. The molecule has 154 valence electrons. The lowest BCUT2D eigenvalue weighted by Crippen LogP contribution is -2.25. The first-order chi connectivity index (χ1) is 13.2. The van der Waals surface area contributed by atoms with Gasteiger partial charge in [0.15, 0.2) is 0 Å². The van der Waals surface area contributed by atoms with Gasteiger partial charge in [-0.25, -0.2) is 0 Å². The second-order valence-corrected chi connectivity index (χ2v) is 7.69. The Kier molecular flexibility index (Phi) is 14.2. The van der Waals surface area contributed by atoms with E-state index in [-0.39, 0.29) is 12.0 Å². The number of esters is 1. The van der Waals surface area contributed by atoms with Crippen molar-refractivity contribution in [1.29, 1.82) is 0 Å². The number of nitrogens with one attached hydrogen (secondary N) is 1. The first-order valence-electron chi connectivity index (χ1n) is 10.8. The number of ether oxygens (including phenoxy) is 1. The molecule has 1 N–H and O–H groups in total. The van der Waals surface area contributed by atoms with E-state index in [9.17, 15) is 4.79 Å². The lowest BCUT2D eigenvalue weighted by atomic mass is 10.0. The quantitative estimate of drug-likeness (QED) is 0.246. The second kappa shape index (κ2) is 15.9. The van der Waals surface area contributed by atoms with Gasteiger partial charge in [-0.1, -0.05) is 88.4 Å². The largest absolute Gasteiger partial charge is 0.466 e. The van der Waals surface area contributed by atoms with E-state index < -0.39 is 0 Å². The number of rotatable bonds is 16. The van der Waals surface area contributed by atoms with E-state index in [2.05, 4.69) is 12.2 Å². The van der Waals surface area contributed by atoms with E-state index in [0.29, 0.717) is 18.1 Å². The topological polar surface area (TPSA) is 38.3 Å². The van der Waals surface area contributed by atoms with Crippen molar-refractivity contribution >= 4 is 17.6 Å². The third kappa shape index (κ3) is 12.1. The summed E-state index contributed by atoms with van der Waals surface area (Å²) in [5.74, 6) is -0.168. The maximum atomic E-state index is 11.9. The Morgan fingerprint density at radius 3 is 2.22 bits per heavy atom. The van der Waals surface area contributed by atoms with Gasteiger partial charge in [0.1, 0.15) is 0 Å². The Hall–Kier alpha value is -1.06. The lowest BCUT2D eigenvalue weighted by molar-refractivity contribution is -0.143. The molecule has 0 saturated heterocycles. The summed E-state index contributed by atoms with van der Waals surface area (Å²) < 4.78 is 5.12. The Morgan fingerprint density at radius 1 is 1.00 bits per heavy atom. The number of carbonyl (C=O) groups excluding carboxylic acids is 1. The SMILES string of the molecule is CCCCCCCCCCCCNC(CC(=O)OCC)c1cccc(Cl)c1. The number of halogens is 1. The van der Waals surface area contributed by atoms with Gasteiger partial charge in [-0.15, -0.1) is 0 Å². The Balaban J connectivity index is 2.24. The zero-order valence-electron chi connectivity index (χ0n) is 17.3. The molecular weight excluding hydrogens is 358 g/mol. The highest BCUT2D eigenvalue weighted by molar-refractivity contribution is 6.30. The molecule has 0 aliphatic heterocycles. The monoisotopic (exact) mass is 395 g/mol. The third-order valence-electron chi connectivity index (χ3n) is 4.85. The minimum Gasteiger partial charge on any atom is -0.466 e. The number of benzene rings is 1. The van der Waals surface area contributed by atoms with Crippen LogP contribution in [-0.4, -0.2) is 19.1 Å². The van der Waals surface area contributed by atoms with Gasteiger partial charge in [-0.2, -0.15) is 0 Å². The van der Waals surface area contributed by atoms with Gasteiger partial charge in [-0.05, 0) is 37.6 Å². The molecule has 0 bridgehead atoms. The molecule has 0 spiro atoms. The van der Waals surface area contributed by atoms with Gasteiger partial charge in [0, 0.05) is 11.1 Å². The zero-order valence-corrected chi connectivity index (χ0v) is 18.0. The summed E-state index contributed by atoms with van der Waals surface area (Å²) in [4.78, 5) is 11.9. The van der Waals surface area contributed by atoms with Crippen molar-refractivity contribution in [2.75, 3.05) is 13.2 Å². The molecular formula is C23H38ClNO2. The van der Waals surface area contributed by atoms with Crippen molar-refractivity contribution in [1.82, 2.24) is 5.32 Å². The Morgan fingerprint density at radius 2 is 1.63 bits per heavy atom. The fourth-order valence-corrected chi connectivity index (χ4v) is 3.51. The first kappa shape index (κ1) is 24.0. The third-order valence-corrected chi connectivity index (χ3v) is 5.08. The van der Waals surface area contributed by atoms with Crippen LogP contribution in [0.25, 0.3) is 0 Å². The maximum absolute atomic E-state index is 11.9. The van der Waals surface area contributed by atoms with Crippen LogP contribution in [0.3, 0.4) is 0 Å².